The van der Waals surface area contributed by atoms with Gasteiger partial charge < -0.3 is 4.98 Å². The Labute approximate surface area is 144 Å². The van der Waals surface area contributed by atoms with E-state index in [4.69, 9.17) is 0 Å². The first-order valence-corrected chi connectivity index (χ1v) is 8.66. The van der Waals surface area contributed by atoms with Crippen molar-refractivity contribution in [2.45, 2.75) is 38.8 Å². The minimum absolute atomic E-state index is 0.0222. The highest BCUT2D eigenvalue weighted by molar-refractivity contribution is 5.39. The maximum Gasteiger partial charge on any atom is 0.273 e. The molecule has 0 spiro atoms. The zero-order valence-electron chi connectivity index (χ0n) is 13.9. The first-order chi connectivity index (χ1) is 12.1. The van der Waals surface area contributed by atoms with E-state index in [0.29, 0.717) is 37.5 Å². The zero-order chi connectivity index (χ0) is 17.4. The number of nitro benzene ring substituents is 1. The Bertz CT molecular complexity index is 873. The van der Waals surface area contributed by atoms with Crippen LogP contribution in [0.15, 0.2) is 29.1 Å². The van der Waals surface area contributed by atoms with Crippen LogP contribution in [0.2, 0.25) is 0 Å². The molecular weight excluding hydrogens is 320 g/mol. The van der Waals surface area contributed by atoms with Crippen LogP contribution in [0.4, 0.5) is 5.69 Å². The molecule has 2 aliphatic rings. The smallest absolute Gasteiger partial charge is 0.273 e. The zero-order valence-corrected chi connectivity index (χ0v) is 13.9. The van der Waals surface area contributed by atoms with Gasteiger partial charge in [-0.15, -0.1) is 0 Å². The summed E-state index contributed by atoms with van der Waals surface area (Å²) in [5.74, 6) is 1.44. The fourth-order valence-corrected chi connectivity index (χ4v) is 3.44. The van der Waals surface area contributed by atoms with Crippen LogP contribution in [-0.2, 0) is 25.9 Å². The van der Waals surface area contributed by atoms with Gasteiger partial charge in [-0.25, -0.2) is 4.98 Å². The van der Waals surface area contributed by atoms with Crippen molar-refractivity contribution in [2.75, 3.05) is 6.54 Å². The summed E-state index contributed by atoms with van der Waals surface area (Å²) >= 11 is 0. The van der Waals surface area contributed by atoms with Crippen molar-refractivity contribution in [3.63, 3.8) is 0 Å². The van der Waals surface area contributed by atoms with E-state index in [2.05, 4.69) is 14.9 Å². The lowest BCUT2D eigenvalue weighted by Gasteiger charge is -2.27. The van der Waals surface area contributed by atoms with Crippen LogP contribution in [0, 0.1) is 16.0 Å². The number of nitrogens with one attached hydrogen (secondary N) is 1. The molecule has 130 valence electrons. The number of benzene rings is 1. The quantitative estimate of drug-likeness (QED) is 0.665. The topological polar surface area (TPSA) is 92.1 Å². The van der Waals surface area contributed by atoms with E-state index in [1.807, 2.05) is 6.07 Å². The van der Waals surface area contributed by atoms with Crippen molar-refractivity contribution in [1.82, 2.24) is 14.9 Å². The van der Waals surface area contributed by atoms with Crippen molar-refractivity contribution >= 4 is 5.69 Å². The molecular formula is C18H20N4O3. The Morgan fingerprint density at radius 1 is 1.32 bits per heavy atom. The molecule has 0 amide bonds. The van der Waals surface area contributed by atoms with E-state index in [1.165, 1.54) is 18.9 Å². The number of hydrogen-bond donors (Lipinski definition) is 1. The molecule has 7 heteroatoms. The predicted octanol–water partition coefficient (Wildman–Crippen LogP) is 2.19. The number of nitrogens with zero attached hydrogens (tertiary/aromatic N) is 3. The van der Waals surface area contributed by atoms with Crippen LogP contribution in [0.5, 0.6) is 0 Å². The van der Waals surface area contributed by atoms with Crippen LogP contribution in [0.25, 0.3) is 0 Å². The lowest BCUT2D eigenvalue weighted by Crippen LogP contribution is -2.35. The van der Waals surface area contributed by atoms with Crippen molar-refractivity contribution < 1.29 is 4.92 Å². The van der Waals surface area contributed by atoms with Crippen LogP contribution >= 0.6 is 0 Å². The Morgan fingerprint density at radius 3 is 2.88 bits per heavy atom. The average Bonchev–Trinajstić information content (AvgIpc) is 3.39. The second-order valence-electron chi connectivity index (χ2n) is 6.93. The molecule has 0 unspecified atom stereocenters. The maximum absolute atomic E-state index is 12.3. The third-order valence-electron chi connectivity index (χ3n) is 4.96. The van der Waals surface area contributed by atoms with Gasteiger partial charge in [-0.05, 0) is 25.2 Å². The summed E-state index contributed by atoms with van der Waals surface area (Å²) < 4.78 is 0. The highest BCUT2D eigenvalue weighted by Crippen LogP contribution is 2.31. The van der Waals surface area contributed by atoms with Crippen LogP contribution in [0.1, 0.15) is 35.5 Å². The van der Waals surface area contributed by atoms with Crippen molar-refractivity contribution in [3.05, 3.63) is 67.4 Å². The fourth-order valence-electron chi connectivity index (χ4n) is 3.44. The third-order valence-corrected chi connectivity index (χ3v) is 4.96. The number of aromatic nitrogens is 2. The normalized spacial score (nSPS) is 17.3. The van der Waals surface area contributed by atoms with Crippen LogP contribution < -0.4 is 5.56 Å². The second-order valence-corrected chi connectivity index (χ2v) is 6.93. The minimum Gasteiger partial charge on any atom is -0.310 e. The number of nitro groups is 1. The molecule has 0 atom stereocenters. The molecule has 1 aromatic carbocycles. The SMILES string of the molecule is O=c1[nH]c(CC2CC2)nc2c1CCN(Cc1ccccc1[N+](=O)[O-])C2. The van der Waals surface area contributed by atoms with Gasteiger partial charge in [0.15, 0.2) is 0 Å². The molecule has 2 aromatic rings. The van der Waals surface area contributed by atoms with E-state index in [9.17, 15) is 14.9 Å². The summed E-state index contributed by atoms with van der Waals surface area (Å²) in [5, 5.41) is 11.2. The highest BCUT2D eigenvalue weighted by atomic mass is 16.6. The van der Waals surface area contributed by atoms with Crippen molar-refractivity contribution in [3.8, 4) is 0 Å². The van der Waals surface area contributed by atoms with Gasteiger partial charge in [-0.2, -0.15) is 0 Å². The molecule has 1 saturated carbocycles. The van der Waals surface area contributed by atoms with E-state index in [-0.39, 0.29) is 16.2 Å². The monoisotopic (exact) mass is 340 g/mol. The molecule has 2 heterocycles. The van der Waals surface area contributed by atoms with E-state index in [0.717, 1.165) is 23.5 Å². The summed E-state index contributed by atoms with van der Waals surface area (Å²) in [6.07, 6.45) is 3.89. The lowest BCUT2D eigenvalue weighted by atomic mass is 10.0. The number of aromatic amines is 1. The van der Waals surface area contributed by atoms with Gasteiger partial charge in [0.25, 0.3) is 11.2 Å². The van der Waals surface area contributed by atoms with E-state index >= 15 is 0 Å². The van der Waals surface area contributed by atoms with Gasteiger partial charge in [0.05, 0.1) is 10.6 Å². The largest absolute Gasteiger partial charge is 0.310 e. The number of hydrogen-bond acceptors (Lipinski definition) is 5. The Morgan fingerprint density at radius 2 is 2.12 bits per heavy atom. The molecule has 0 saturated heterocycles. The summed E-state index contributed by atoms with van der Waals surface area (Å²) in [4.78, 5) is 32.9. The standard InChI is InChI=1S/C18H20N4O3/c23-18-14-7-8-21(10-13-3-1-2-4-16(13)22(24)25)11-15(14)19-17(20-18)9-12-5-6-12/h1-4,12H,5-11H2,(H,19,20,23). The van der Waals surface area contributed by atoms with Gasteiger partial charge in [0.2, 0.25) is 0 Å². The Hall–Kier alpha value is -2.54. The molecule has 1 fully saturated rings. The Kier molecular flexibility index (Phi) is 4.09. The summed E-state index contributed by atoms with van der Waals surface area (Å²) in [7, 11) is 0. The first kappa shape index (κ1) is 16.0. The highest BCUT2D eigenvalue weighted by Gasteiger charge is 2.26. The molecule has 0 radical (unpaired) electrons. The summed E-state index contributed by atoms with van der Waals surface area (Å²) in [6.45, 7) is 1.75. The van der Waals surface area contributed by atoms with Crippen molar-refractivity contribution in [1.29, 1.82) is 0 Å². The molecule has 25 heavy (non-hydrogen) atoms. The molecule has 1 aromatic heterocycles. The second kappa shape index (κ2) is 6.40. The number of para-hydroxylation sites is 1. The average molecular weight is 340 g/mol. The minimum atomic E-state index is -0.343. The van der Waals surface area contributed by atoms with Crippen LogP contribution in [0.3, 0.4) is 0 Å². The maximum atomic E-state index is 12.3. The molecule has 4 rings (SSSR count). The predicted molar refractivity (Wildman–Crippen MR) is 92.2 cm³/mol. The third kappa shape index (κ3) is 3.46. The Balaban J connectivity index is 1.55. The van der Waals surface area contributed by atoms with Gasteiger partial charge in [-0.1, -0.05) is 18.2 Å². The number of fused-ring (bicyclic) bond motifs is 1. The molecule has 1 aliphatic carbocycles. The molecule has 1 N–H and O–H groups in total. The van der Waals surface area contributed by atoms with Crippen molar-refractivity contribution in [2.24, 2.45) is 5.92 Å². The molecule has 1 aliphatic heterocycles. The lowest BCUT2D eigenvalue weighted by molar-refractivity contribution is -0.385. The number of H-pyrrole nitrogens is 1. The van der Waals surface area contributed by atoms with Gasteiger partial charge in [0.1, 0.15) is 5.82 Å². The van der Waals surface area contributed by atoms with Crippen LogP contribution in [-0.4, -0.2) is 26.3 Å². The summed E-state index contributed by atoms with van der Waals surface area (Å²) in [6, 6.07) is 6.82. The van der Waals surface area contributed by atoms with Gasteiger partial charge in [-0.3, -0.25) is 19.8 Å². The fraction of sp³-hybridized carbons (Fsp3) is 0.444. The molecule has 0 bridgehead atoms. The van der Waals surface area contributed by atoms with E-state index < -0.39 is 0 Å². The summed E-state index contributed by atoms with van der Waals surface area (Å²) in [5.41, 5.74) is 2.40. The van der Waals surface area contributed by atoms with Gasteiger partial charge >= 0.3 is 0 Å². The van der Waals surface area contributed by atoms with Gasteiger partial charge in [0, 0.05) is 43.2 Å². The van der Waals surface area contributed by atoms with E-state index in [1.54, 1.807) is 12.1 Å². The molecule has 7 nitrogen and oxygen atoms in total. The first-order valence-electron chi connectivity index (χ1n) is 8.66. The number of rotatable bonds is 5.